The third-order valence-corrected chi connectivity index (χ3v) is 3.21. The number of methoxy groups -OCH3 is 1. The van der Waals surface area contributed by atoms with Gasteiger partial charge in [0.15, 0.2) is 0 Å². The normalized spacial score (nSPS) is 12.2. The summed E-state index contributed by atoms with van der Waals surface area (Å²) in [6.45, 7) is 4.15. The lowest BCUT2D eigenvalue weighted by atomic mass is 9.95. The zero-order valence-electron chi connectivity index (χ0n) is 11.5. The molecule has 3 N–H and O–H groups in total. The Hall–Kier alpha value is -1.91. The highest BCUT2D eigenvalue weighted by atomic mass is 16.5. The number of benzene rings is 1. The molecule has 1 aromatic heterocycles. The highest BCUT2D eigenvalue weighted by Crippen LogP contribution is 2.29. The first-order chi connectivity index (χ1) is 9.17. The van der Waals surface area contributed by atoms with Gasteiger partial charge in [0.2, 0.25) is 5.88 Å². The molecule has 4 heteroatoms. The Morgan fingerprint density at radius 3 is 2.63 bits per heavy atom. The van der Waals surface area contributed by atoms with Crippen molar-refractivity contribution in [1.29, 1.82) is 0 Å². The Labute approximate surface area is 113 Å². The smallest absolute Gasteiger partial charge is 0.218 e. The van der Waals surface area contributed by atoms with Crippen LogP contribution in [0.15, 0.2) is 36.5 Å². The van der Waals surface area contributed by atoms with E-state index in [2.05, 4.69) is 42.5 Å². The molecule has 19 heavy (non-hydrogen) atoms. The molecule has 1 heterocycles. The van der Waals surface area contributed by atoms with Crippen LogP contribution in [0.5, 0.6) is 5.88 Å². The van der Waals surface area contributed by atoms with Gasteiger partial charge in [0.25, 0.3) is 0 Å². The van der Waals surface area contributed by atoms with Crippen LogP contribution in [0, 0.1) is 13.8 Å². The van der Waals surface area contributed by atoms with E-state index in [1.807, 2.05) is 12.1 Å². The van der Waals surface area contributed by atoms with Gasteiger partial charge in [-0.05, 0) is 31.0 Å². The number of nitrogens with zero attached hydrogens (tertiary/aromatic N) is 1. The molecule has 0 radical (unpaired) electrons. The van der Waals surface area contributed by atoms with Crippen molar-refractivity contribution in [1.82, 2.24) is 10.4 Å². The van der Waals surface area contributed by atoms with Crippen LogP contribution in [-0.4, -0.2) is 12.1 Å². The first kappa shape index (κ1) is 13.5. The zero-order chi connectivity index (χ0) is 13.8. The average Bonchev–Trinajstić information content (AvgIpc) is 2.42. The van der Waals surface area contributed by atoms with Crippen molar-refractivity contribution >= 4 is 0 Å². The van der Waals surface area contributed by atoms with Gasteiger partial charge >= 0.3 is 0 Å². The van der Waals surface area contributed by atoms with Gasteiger partial charge in [-0.15, -0.1) is 0 Å². The lowest BCUT2D eigenvalue weighted by molar-refractivity contribution is 0.387. The molecule has 4 nitrogen and oxygen atoms in total. The van der Waals surface area contributed by atoms with Crippen LogP contribution in [0.3, 0.4) is 0 Å². The van der Waals surface area contributed by atoms with Crippen LogP contribution in [0.4, 0.5) is 0 Å². The molecule has 0 aliphatic heterocycles. The highest BCUT2D eigenvalue weighted by molar-refractivity contribution is 5.41. The van der Waals surface area contributed by atoms with Gasteiger partial charge in [-0.25, -0.2) is 10.4 Å². The minimum atomic E-state index is -0.135. The van der Waals surface area contributed by atoms with Crippen molar-refractivity contribution < 1.29 is 4.74 Å². The second-order valence-electron chi connectivity index (χ2n) is 4.56. The number of hydrazine groups is 1. The molecule has 0 bridgehead atoms. The third-order valence-electron chi connectivity index (χ3n) is 3.21. The minimum absolute atomic E-state index is 0.135. The van der Waals surface area contributed by atoms with E-state index in [9.17, 15) is 0 Å². The summed E-state index contributed by atoms with van der Waals surface area (Å²) in [7, 11) is 1.61. The number of aryl methyl sites for hydroxylation is 2. The molecule has 1 atom stereocenters. The first-order valence-electron chi connectivity index (χ1n) is 6.19. The van der Waals surface area contributed by atoms with E-state index in [1.54, 1.807) is 13.3 Å². The molecule has 0 aliphatic rings. The molecule has 0 fully saturated rings. The molecule has 0 saturated carbocycles. The molecule has 2 aromatic rings. The Morgan fingerprint density at radius 1 is 1.21 bits per heavy atom. The number of nitrogens with two attached hydrogens (primary N) is 1. The fourth-order valence-corrected chi connectivity index (χ4v) is 2.29. The number of nitrogens with one attached hydrogen (secondary N) is 1. The van der Waals surface area contributed by atoms with Crippen LogP contribution in [-0.2, 0) is 0 Å². The summed E-state index contributed by atoms with van der Waals surface area (Å²) in [6.07, 6.45) is 1.71. The largest absolute Gasteiger partial charge is 0.481 e. The molecular weight excluding hydrogens is 238 g/mol. The van der Waals surface area contributed by atoms with Gasteiger partial charge in [-0.1, -0.05) is 29.8 Å². The third kappa shape index (κ3) is 2.75. The number of hydrogen-bond donors (Lipinski definition) is 2. The minimum Gasteiger partial charge on any atom is -0.481 e. The van der Waals surface area contributed by atoms with Crippen LogP contribution in [0.1, 0.15) is 28.3 Å². The molecule has 2 rings (SSSR count). The number of ether oxygens (including phenoxy) is 1. The van der Waals surface area contributed by atoms with Crippen molar-refractivity contribution in [3.63, 3.8) is 0 Å². The number of aromatic nitrogens is 1. The monoisotopic (exact) mass is 257 g/mol. The van der Waals surface area contributed by atoms with Gasteiger partial charge in [0, 0.05) is 11.8 Å². The Balaban J connectivity index is 2.50. The van der Waals surface area contributed by atoms with Crippen molar-refractivity contribution in [2.24, 2.45) is 5.84 Å². The number of pyridine rings is 1. The molecule has 0 spiro atoms. The SMILES string of the molecule is COc1ncccc1C(NN)c1ccc(C)cc1C. The fourth-order valence-electron chi connectivity index (χ4n) is 2.29. The average molecular weight is 257 g/mol. The van der Waals surface area contributed by atoms with Crippen LogP contribution in [0.25, 0.3) is 0 Å². The molecule has 1 unspecified atom stereocenters. The van der Waals surface area contributed by atoms with Gasteiger partial charge in [-0.2, -0.15) is 0 Å². The fraction of sp³-hybridized carbons (Fsp3) is 0.267. The van der Waals surface area contributed by atoms with Gasteiger partial charge < -0.3 is 4.74 Å². The van der Waals surface area contributed by atoms with Crippen molar-refractivity contribution in [2.75, 3.05) is 7.11 Å². The lowest BCUT2D eigenvalue weighted by Gasteiger charge is -2.20. The predicted octanol–water partition coefficient (Wildman–Crippen LogP) is 2.26. The van der Waals surface area contributed by atoms with E-state index in [4.69, 9.17) is 10.6 Å². The lowest BCUT2D eigenvalue weighted by Crippen LogP contribution is -2.29. The van der Waals surface area contributed by atoms with Crippen LogP contribution >= 0.6 is 0 Å². The van der Waals surface area contributed by atoms with E-state index >= 15 is 0 Å². The summed E-state index contributed by atoms with van der Waals surface area (Å²) in [6, 6.07) is 10.0. The van der Waals surface area contributed by atoms with Crippen molar-refractivity contribution in [3.05, 3.63) is 58.8 Å². The summed E-state index contributed by atoms with van der Waals surface area (Å²) >= 11 is 0. The molecular formula is C15H19N3O. The predicted molar refractivity (Wildman–Crippen MR) is 75.9 cm³/mol. The Kier molecular flexibility index (Phi) is 4.14. The van der Waals surface area contributed by atoms with E-state index in [0.717, 1.165) is 11.1 Å². The first-order valence-corrected chi connectivity index (χ1v) is 6.19. The van der Waals surface area contributed by atoms with Crippen LogP contribution in [0.2, 0.25) is 0 Å². The number of rotatable bonds is 4. The molecule has 100 valence electrons. The maximum atomic E-state index is 5.73. The highest BCUT2D eigenvalue weighted by Gasteiger charge is 2.19. The standard InChI is InChI=1S/C15H19N3O/c1-10-6-7-12(11(2)9-10)14(18-16)13-5-4-8-17-15(13)19-3/h4-9,14,18H,16H2,1-3H3. The molecule has 0 amide bonds. The van der Waals surface area contributed by atoms with E-state index < -0.39 is 0 Å². The summed E-state index contributed by atoms with van der Waals surface area (Å²) in [5.74, 6) is 6.32. The van der Waals surface area contributed by atoms with E-state index in [1.165, 1.54) is 11.1 Å². The Morgan fingerprint density at radius 2 is 2.00 bits per heavy atom. The van der Waals surface area contributed by atoms with Gasteiger partial charge in [-0.3, -0.25) is 5.84 Å². The maximum absolute atomic E-state index is 5.73. The van der Waals surface area contributed by atoms with Crippen molar-refractivity contribution in [3.8, 4) is 5.88 Å². The Bertz CT molecular complexity index is 569. The van der Waals surface area contributed by atoms with E-state index in [-0.39, 0.29) is 6.04 Å². The summed E-state index contributed by atoms with van der Waals surface area (Å²) in [4.78, 5) is 4.22. The molecule has 0 aliphatic carbocycles. The molecule has 0 saturated heterocycles. The topological polar surface area (TPSA) is 60.2 Å². The summed E-state index contributed by atoms with van der Waals surface area (Å²) in [5.41, 5.74) is 7.32. The molecule has 1 aromatic carbocycles. The second kappa shape index (κ2) is 5.82. The van der Waals surface area contributed by atoms with Crippen LogP contribution < -0.4 is 16.0 Å². The number of hydrogen-bond acceptors (Lipinski definition) is 4. The second-order valence-corrected chi connectivity index (χ2v) is 4.56. The maximum Gasteiger partial charge on any atom is 0.218 e. The zero-order valence-corrected chi connectivity index (χ0v) is 11.5. The van der Waals surface area contributed by atoms with Gasteiger partial charge in [0.1, 0.15) is 0 Å². The van der Waals surface area contributed by atoms with Gasteiger partial charge in [0.05, 0.1) is 13.2 Å². The summed E-state index contributed by atoms with van der Waals surface area (Å²) in [5, 5.41) is 0. The quantitative estimate of drug-likeness (QED) is 0.651. The summed E-state index contributed by atoms with van der Waals surface area (Å²) < 4.78 is 5.31. The van der Waals surface area contributed by atoms with E-state index in [0.29, 0.717) is 5.88 Å². The van der Waals surface area contributed by atoms with Crippen molar-refractivity contribution in [2.45, 2.75) is 19.9 Å².